The van der Waals surface area contributed by atoms with Crippen LogP contribution in [0.15, 0.2) is 18.2 Å². The van der Waals surface area contributed by atoms with Crippen molar-refractivity contribution in [1.29, 1.82) is 0 Å². The molecule has 3 fully saturated rings. The zero-order valence-electron chi connectivity index (χ0n) is 18.3. The number of hydrogen-bond acceptors (Lipinski definition) is 0. The molecule has 0 heterocycles. The highest BCUT2D eigenvalue weighted by atomic mass is 19.1. The van der Waals surface area contributed by atoms with Gasteiger partial charge in [-0.2, -0.15) is 0 Å². The summed E-state index contributed by atoms with van der Waals surface area (Å²) in [6.45, 7) is 4.61. The van der Waals surface area contributed by atoms with E-state index >= 15 is 0 Å². The first-order valence-corrected chi connectivity index (χ1v) is 12.4. The Labute approximate surface area is 172 Å². The van der Waals surface area contributed by atoms with E-state index in [-0.39, 0.29) is 5.82 Å². The molecule has 4 atom stereocenters. The van der Waals surface area contributed by atoms with Crippen LogP contribution in [0, 0.1) is 35.4 Å². The molecule has 0 radical (unpaired) electrons. The van der Waals surface area contributed by atoms with Crippen LogP contribution in [0.1, 0.15) is 108 Å². The lowest BCUT2D eigenvalue weighted by molar-refractivity contribution is 0.0732. The Hall–Kier alpha value is -0.850. The Morgan fingerprint density at radius 3 is 2.18 bits per heavy atom. The van der Waals surface area contributed by atoms with Gasteiger partial charge in [0.1, 0.15) is 5.82 Å². The van der Waals surface area contributed by atoms with Crippen molar-refractivity contribution in [3.63, 3.8) is 0 Å². The van der Waals surface area contributed by atoms with Crippen LogP contribution < -0.4 is 0 Å². The normalized spacial score (nSPS) is 36.1. The van der Waals surface area contributed by atoms with Gasteiger partial charge < -0.3 is 0 Å². The molecule has 3 saturated carbocycles. The summed E-state index contributed by atoms with van der Waals surface area (Å²) in [5.74, 6) is 5.52. The van der Waals surface area contributed by atoms with Crippen molar-refractivity contribution in [1.82, 2.24) is 0 Å². The average Bonchev–Trinajstić information content (AvgIpc) is 2.72. The number of halogens is 1. The summed E-state index contributed by atoms with van der Waals surface area (Å²) < 4.78 is 14.5. The van der Waals surface area contributed by atoms with Crippen LogP contribution in [-0.4, -0.2) is 0 Å². The molecule has 28 heavy (non-hydrogen) atoms. The Morgan fingerprint density at radius 2 is 1.46 bits per heavy atom. The van der Waals surface area contributed by atoms with Crippen LogP contribution in [0.5, 0.6) is 0 Å². The minimum absolute atomic E-state index is 0.0447. The van der Waals surface area contributed by atoms with Gasteiger partial charge in [0.25, 0.3) is 0 Å². The van der Waals surface area contributed by atoms with Crippen LogP contribution in [0.3, 0.4) is 0 Å². The fourth-order valence-corrected chi connectivity index (χ4v) is 6.80. The molecule has 0 spiro atoms. The second-order valence-electron chi connectivity index (χ2n) is 10.6. The van der Waals surface area contributed by atoms with Gasteiger partial charge in [-0.05, 0) is 117 Å². The lowest BCUT2D eigenvalue weighted by Crippen LogP contribution is -2.34. The van der Waals surface area contributed by atoms with E-state index < -0.39 is 0 Å². The zero-order valence-corrected chi connectivity index (χ0v) is 18.3. The molecule has 0 aliphatic heterocycles. The predicted molar refractivity (Wildman–Crippen MR) is 117 cm³/mol. The average molecular weight is 385 g/mol. The van der Waals surface area contributed by atoms with Gasteiger partial charge in [0, 0.05) is 0 Å². The third-order valence-electron chi connectivity index (χ3n) is 8.73. The molecule has 0 nitrogen and oxygen atoms in total. The van der Waals surface area contributed by atoms with Gasteiger partial charge in [0.2, 0.25) is 0 Å². The maximum atomic E-state index is 14.5. The topological polar surface area (TPSA) is 0 Å². The summed E-state index contributed by atoms with van der Waals surface area (Å²) in [7, 11) is 0. The fourth-order valence-electron chi connectivity index (χ4n) is 6.80. The minimum atomic E-state index is 0.0447. The summed E-state index contributed by atoms with van der Waals surface area (Å²) in [6.07, 6.45) is 17.4. The number of unbranched alkanes of at least 4 members (excludes halogenated alkanes) is 1. The molecule has 3 aliphatic carbocycles. The molecular formula is C27H41F. The van der Waals surface area contributed by atoms with Crippen molar-refractivity contribution in [2.75, 3.05) is 0 Å². The molecule has 1 aromatic carbocycles. The number of fused-ring (bicyclic) bond motifs is 1. The van der Waals surface area contributed by atoms with E-state index in [1.807, 2.05) is 6.07 Å². The van der Waals surface area contributed by atoms with Crippen molar-refractivity contribution < 1.29 is 4.39 Å². The molecule has 0 N–H and O–H groups in total. The number of hydrogen-bond donors (Lipinski definition) is 0. The summed E-state index contributed by atoms with van der Waals surface area (Å²) >= 11 is 0. The van der Waals surface area contributed by atoms with Gasteiger partial charge in [-0.3, -0.25) is 0 Å². The van der Waals surface area contributed by atoms with Crippen molar-refractivity contribution in [3.8, 4) is 0 Å². The molecule has 0 saturated heterocycles. The molecule has 1 heteroatoms. The Balaban J connectivity index is 1.33. The van der Waals surface area contributed by atoms with Crippen molar-refractivity contribution in [2.45, 2.75) is 103 Å². The van der Waals surface area contributed by atoms with E-state index in [9.17, 15) is 4.39 Å². The van der Waals surface area contributed by atoms with Gasteiger partial charge >= 0.3 is 0 Å². The number of rotatable bonds is 5. The van der Waals surface area contributed by atoms with E-state index in [0.29, 0.717) is 5.92 Å². The SMILES string of the molecule is CCCCc1ccc(C2CCC3CC(C4CCC(C)CC4)CCC3C2)cc1F. The molecule has 0 bridgehead atoms. The first-order chi connectivity index (χ1) is 13.6. The maximum absolute atomic E-state index is 14.5. The molecule has 156 valence electrons. The predicted octanol–water partition coefficient (Wildman–Crippen LogP) is 8.29. The van der Waals surface area contributed by atoms with E-state index in [1.54, 1.807) is 0 Å². The van der Waals surface area contributed by atoms with Crippen LogP contribution >= 0.6 is 0 Å². The molecule has 0 aromatic heterocycles. The molecule has 3 aliphatic rings. The van der Waals surface area contributed by atoms with Crippen molar-refractivity contribution in [3.05, 3.63) is 35.1 Å². The Kier molecular flexibility index (Phi) is 6.79. The number of aryl methyl sites for hydroxylation is 1. The first kappa shape index (κ1) is 20.4. The van der Waals surface area contributed by atoms with E-state index in [0.717, 1.165) is 54.4 Å². The van der Waals surface area contributed by atoms with Crippen LogP contribution in [0.25, 0.3) is 0 Å². The highest BCUT2D eigenvalue weighted by Crippen LogP contribution is 2.50. The highest BCUT2D eigenvalue weighted by molar-refractivity contribution is 5.28. The van der Waals surface area contributed by atoms with Gasteiger partial charge in [-0.15, -0.1) is 0 Å². The van der Waals surface area contributed by atoms with Gasteiger partial charge in [0.15, 0.2) is 0 Å². The van der Waals surface area contributed by atoms with Crippen molar-refractivity contribution in [2.24, 2.45) is 29.6 Å². The Bertz CT molecular complexity index is 627. The lowest BCUT2D eigenvalue weighted by Gasteiger charge is -2.45. The number of benzene rings is 1. The maximum Gasteiger partial charge on any atom is 0.126 e. The van der Waals surface area contributed by atoms with Crippen LogP contribution in [0.2, 0.25) is 0 Å². The second kappa shape index (κ2) is 9.31. The fraction of sp³-hybridized carbons (Fsp3) is 0.778. The molecule has 1 aromatic rings. The van der Waals surface area contributed by atoms with Crippen molar-refractivity contribution >= 4 is 0 Å². The molecular weight excluding hydrogens is 343 g/mol. The van der Waals surface area contributed by atoms with Gasteiger partial charge in [-0.1, -0.05) is 45.2 Å². The Morgan fingerprint density at radius 1 is 0.821 bits per heavy atom. The summed E-state index contributed by atoms with van der Waals surface area (Å²) in [5, 5.41) is 0. The molecule has 4 rings (SSSR count). The quantitative estimate of drug-likeness (QED) is 0.479. The zero-order chi connectivity index (χ0) is 19.5. The summed E-state index contributed by atoms with van der Waals surface area (Å²) in [6, 6.07) is 6.20. The second-order valence-corrected chi connectivity index (χ2v) is 10.6. The van der Waals surface area contributed by atoms with Crippen LogP contribution in [-0.2, 0) is 6.42 Å². The lowest BCUT2D eigenvalue weighted by atomic mass is 9.60. The summed E-state index contributed by atoms with van der Waals surface area (Å²) in [4.78, 5) is 0. The van der Waals surface area contributed by atoms with E-state index in [1.165, 1.54) is 69.8 Å². The first-order valence-electron chi connectivity index (χ1n) is 12.4. The van der Waals surface area contributed by atoms with Crippen LogP contribution in [0.4, 0.5) is 4.39 Å². The molecule has 0 amide bonds. The van der Waals surface area contributed by atoms with E-state index in [4.69, 9.17) is 0 Å². The third-order valence-corrected chi connectivity index (χ3v) is 8.73. The molecule has 4 unspecified atom stereocenters. The minimum Gasteiger partial charge on any atom is -0.207 e. The van der Waals surface area contributed by atoms with Gasteiger partial charge in [-0.25, -0.2) is 4.39 Å². The largest absolute Gasteiger partial charge is 0.207 e. The smallest absolute Gasteiger partial charge is 0.126 e. The standard InChI is InChI=1S/C27H41F/c1-3-4-5-21-10-11-26(18-27(21)28)25-15-14-23-16-22(12-13-24(23)17-25)20-8-6-19(2)7-9-20/h10-11,18-20,22-25H,3-9,12-17H2,1-2H3. The van der Waals surface area contributed by atoms with Gasteiger partial charge in [0.05, 0.1) is 0 Å². The summed E-state index contributed by atoms with van der Waals surface area (Å²) in [5.41, 5.74) is 2.20. The highest BCUT2D eigenvalue weighted by Gasteiger charge is 2.38. The third kappa shape index (κ3) is 4.65. The van der Waals surface area contributed by atoms with E-state index in [2.05, 4.69) is 26.0 Å². The monoisotopic (exact) mass is 384 g/mol.